The number of ether oxygens (including phenoxy) is 2. The quantitative estimate of drug-likeness (QED) is 0.370. The average Bonchev–Trinajstić information content (AvgIpc) is 3.39. The smallest absolute Gasteiger partial charge is 0.165 e. The molecule has 8 heteroatoms. The lowest BCUT2D eigenvalue weighted by Gasteiger charge is -2.27. The van der Waals surface area contributed by atoms with Crippen molar-refractivity contribution in [1.29, 1.82) is 0 Å². The molecule has 2 aromatic heterocycles. The standard InChI is InChI=1S/C27H31FN4O3/c1-18-27(19(2)35-30-18)21-6-7-24-23(17-21)29-26(32(24)11-10-31-12-14-34-15-13-31)9-5-20-4-8-25(33-3)22(28)16-20/h4,6-8,16-17H,5,9-15H2,1-3H3. The first kappa shape index (κ1) is 23.5. The molecule has 3 heterocycles. The summed E-state index contributed by atoms with van der Waals surface area (Å²) < 4.78 is 32.5. The maximum Gasteiger partial charge on any atom is 0.165 e. The third-order valence-corrected chi connectivity index (χ3v) is 6.75. The molecule has 184 valence electrons. The summed E-state index contributed by atoms with van der Waals surface area (Å²) in [6, 6.07) is 11.5. The van der Waals surface area contributed by atoms with E-state index in [1.54, 1.807) is 12.1 Å². The number of hydrogen-bond donors (Lipinski definition) is 0. The minimum absolute atomic E-state index is 0.262. The molecule has 0 spiro atoms. The molecule has 1 saturated heterocycles. The van der Waals surface area contributed by atoms with E-state index in [-0.39, 0.29) is 11.6 Å². The summed E-state index contributed by atoms with van der Waals surface area (Å²) in [7, 11) is 1.48. The van der Waals surface area contributed by atoms with Crippen LogP contribution in [0.15, 0.2) is 40.9 Å². The highest BCUT2D eigenvalue weighted by Crippen LogP contribution is 2.30. The molecule has 1 fully saturated rings. The molecule has 1 aliphatic rings. The minimum atomic E-state index is -0.338. The zero-order chi connectivity index (χ0) is 24.4. The molecule has 1 aliphatic heterocycles. The fraction of sp³-hybridized carbons (Fsp3) is 0.407. The van der Waals surface area contributed by atoms with Crippen LogP contribution < -0.4 is 4.74 Å². The maximum atomic E-state index is 14.2. The molecule has 0 unspecified atom stereocenters. The van der Waals surface area contributed by atoms with Crippen molar-refractivity contribution in [2.24, 2.45) is 0 Å². The predicted molar refractivity (Wildman–Crippen MR) is 132 cm³/mol. The van der Waals surface area contributed by atoms with Gasteiger partial charge in [0.1, 0.15) is 11.6 Å². The summed E-state index contributed by atoms with van der Waals surface area (Å²) in [4.78, 5) is 7.45. The van der Waals surface area contributed by atoms with Crippen LogP contribution in [0.2, 0.25) is 0 Å². The van der Waals surface area contributed by atoms with Gasteiger partial charge >= 0.3 is 0 Å². The molecule has 4 aromatic rings. The Morgan fingerprint density at radius 3 is 2.57 bits per heavy atom. The summed E-state index contributed by atoms with van der Waals surface area (Å²) in [5.41, 5.74) is 5.91. The molecule has 5 rings (SSSR count). The highest BCUT2D eigenvalue weighted by molar-refractivity contribution is 5.83. The van der Waals surface area contributed by atoms with Crippen LogP contribution in [0, 0.1) is 19.7 Å². The largest absolute Gasteiger partial charge is 0.494 e. The van der Waals surface area contributed by atoms with E-state index in [9.17, 15) is 4.39 Å². The van der Waals surface area contributed by atoms with E-state index >= 15 is 0 Å². The van der Waals surface area contributed by atoms with E-state index in [4.69, 9.17) is 19.0 Å². The van der Waals surface area contributed by atoms with Crippen LogP contribution in [-0.4, -0.2) is 59.6 Å². The first-order valence-corrected chi connectivity index (χ1v) is 12.1. The Morgan fingerprint density at radius 1 is 1.03 bits per heavy atom. The molecule has 2 aromatic carbocycles. The van der Waals surface area contributed by atoms with Crippen LogP contribution in [0.3, 0.4) is 0 Å². The summed E-state index contributed by atoms with van der Waals surface area (Å²) in [5.74, 6) is 1.73. The molecule has 0 radical (unpaired) electrons. The molecule has 0 amide bonds. The van der Waals surface area contributed by atoms with Gasteiger partial charge in [0.25, 0.3) is 0 Å². The van der Waals surface area contributed by atoms with Gasteiger partial charge in [-0.2, -0.15) is 0 Å². The number of fused-ring (bicyclic) bond motifs is 1. The Labute approximate surface area is 204 Å². The van der Waals surface area contributed by atoms with Crippen molar-refractivity contribution in [2.75, 3.05) is 40.0 Å². The van der Waals surface area contributed by atoms with Crippen molar-refractivity contribution < 1.29 is 18.4 Å². The van der Waals surface area contributed by atoms with Crippen molar-refractivity contribution in [3.8, 4) is 16.9 Å². The Balaban J connectivity index is 1.45. The lowest BCUT2D eigenvalue weighted by Crippen LogP contribution is -2.38. The van der Waals surface area contributed by atoms with Gasteiger partial charge in [-0.15, -0.1) is 0 Å². The van der Waals surface area contributed by atoms with E-state index in [0.717, 1.165) is 84.4 Å². The van der Waals surface area contributed by atoms with Gasteiger partial charge in [-0.3, -0.25) is 4.90 Å². The van der Waals surface area contributed by atoms with Crippen molar-refractivity contribution in [2.45, 2.75) is 33.2 Å². The third-order valence-electron chi connectivity index (χ3n) is 6.75. The lowest BCUT2D eigenvalue weighted by molar-refractivity contribution is 0.0364. The van der Waals surface area contributed by atoms with E-state index in [2.05, 4.69) is 32.8 Å². The minimum Gasteiger partial charge on any atom is -0.494 e. The average molecular weight is 479 g/mol. The Morgan fingerprint density at radius 2 is 1.86 bits per heavy atom. The van der Waals surface area contributed by atoms with Gasteiger partial charge in [0, 0.05) is 38.2 Å². The fourth-order valence-electron chi connectivity index (χ4n) is 4.86. The monoisotopic (exact) mass is 478 g/mol. The van der Waals surface area contributed by atoms with Gasteiger partial charge in [-0.25, -0.2) is 9.37 Å². The van der Waals surface area contributed by atoms with Gasteiger partial charge in [0.05, 0.1) is 37.1 Å². The molecule has 7 nitrogen and oxygen atoms in total. The van der Waals surface area contributed by atoms with Crippen LogP contribution in [0.25, 0.3) is 22.2 Å². The van der Waals surface area contributed by atoms with Crippen LogP contribution >= 0.6 is 0 Å². The van der Waals surface area contributed by atoms with Crippen LogP contribution in [-0.2, 0) is 24.1 Å². The normalized spacial score (nSPS) is 14.6. The number of benzene rings is 2. The lowest BCUT2D eigenvalue weighted by atomic mass is 10.0. The third kappa shape index (κ3) is 4.94. The SMILES string of the molecule is COc1ccc(CCc2nc3cc(-c4c(C)noc4C)ccc3n2CCN2CCOCC2)cc1F. The molecule has 0 bridgehead atoms. The molecule has 0 N–H and O–H groups in total. The number of hydrogen-bond acceptors (Lipinski definition) is 6. The van der Waals surface area contributed by atoms with Gasteiger partial charge in [0.2, 0.25) is 0 Å². The maximum absolute atomic E-state index is 14.2. The first-order chi connectivity index (χ1) is 17.0. The number of rotatable bonds is 8. The Kier molecular flexibility index (Phi) is 6.83. The number of halogens is 1. The number of aromatic nitrogens is 3. The molecular weight excluding hydrogens is 447 g/mol. The summed E-state index contributed by atoms with van der Waals surface area (Å²) >= 11 is 0. The van der Waals surface area contributed by atoms with Crippen molar-refractivity contribution in [1.82, 2.24) is 19.6 Å². The summed E-state index contributed by atoms with van der Waals surface area (Å²) in [6.45, 7) is 9.11. The van der Waals surface area contributed by atoms with Gasteiger partial charge in [0.15, 0.2) is 11.6 Å². The van der Waals surface area contributed by atoms with Crippen molar-refractivity contribution in [3.63, 3.8) is 0 Å². The van der Waals surface area contributed by atoms with Gasteiger partial charge in [-0.05, 0) is 55.7 Å². The second-order valence-electron chi connectivity index (χ2n) is 9.01. The number of morpholine rings is 1. The molecular formula is C27H31FN4O3. The number of aryl methyl sites for hydroxylation is 4. The topological polar surface area (TPSA) is 65.6 Å². The zero-order valence-corrected chi connectivity index (χ0v) is 20.5. The van der Waals surface area contributed by atoms with Crippen LogP contribution in [0.4, 0.5) is 4.39 Å². The van der Waals surface area contributed by atoms with Crippen LogP contribution in [0.1, 0.15) is 22.8 Å². The van der Waals surface area contributed by atoms with E-state index in [1.807, 2.05) is 19.9 Å². The molecule has 35 heavy (non-hydrogen) atoms. The van der Waals surface area contributed by atoms with E-state index < -0.39 is 0 Å². The van der Waals surface area contributed by atoms with Crippen LogP contribution in [0.5, 0.6) is 5.75 Å². The predicted octanol–water partition coefficient (Wildman–Crippen LogP) is 4.57. The number of methoxy groups -OCH3 is 1. The second kappa shape index (κ2) is 10.2. The molecule has 0 aliphatic carbocycles. The zero-order valence-electron chi connectivity index (χ0n) is 20.5. The highest BCUT2D eigenvalue weighted by atomic mass is 19.1. The van der Waals surface area contributed by atoms with E-state index in [1.165, 1.54) is 7.11 Å². The van der Waals surface area contributed by atoms with Crippen molar-refractivity contribution >= 4 is 11.0 Å². The van der Waals surface area contributed by atoms with Crippen molar-refractivity contribution in [3.05, 3.63) is 65.1 Å². The first-order valence-electron chi connectivity index (χ1n) is 12.1. The molecule has 0 saturated carbocycles. The van der Waals surface area contributed by atoms with E-state index in [0.29, 0.717) is 12.8 Å². The van der Waals surface area contributed by atoms with Gasteiger partial charge < -0.3 is 18.6 Å². The highest BCUT2D eigenvalue weighted by Gasteiger charge is 2.17. The number of nitrogens with zero attached hydrogens (tertiary/aromatic N) is 4. The molecule has 0 atom stereocenters. The Bertz CT molecular complexity index is 1300. The number of imidazole rings is 1. The Hall–Kier alpha value is -3.23. The summed E-state index contributed by atoms with van der Waals surface area (Å²) in [6.07, 6.45) is 1.41. The van der Waals surface area contributed by atoms with Gasteiger partial charge in [-0.1, -0.05) is 17.3 Å². The fourth-order valence-corrected chi connectivity index (χ4v) is 4.86. The second-order valence-corrected chi connectivity index (χ2v) is 9.01. The summed E-state index contributed by atoms with van der Waals surface area (Å²) in [5, 5.41) is 4.10.